The summed E-state index contributed by atoms with van der Waals surface area (Å²) < 4.78 is 9.24. The molecule has 1 aromatic rings. The molecule has 1 fully saturated rings. The molecule has 1 heterocycles. The maximum absolute atomic E-state index is 11.7. The summed E-state index contributed by atoms with van der Waals surface area (Å²) in [6.45, 7) is -0.367. The predicted octanol–water partition coefficient (Wildman–Crippen LogP) is 1.29. The van der Waals surface area contributed by atoms with Crippen LogP contribution in [0.25, 0.3) is 0 Å². The zero-order valence-electron chi connectivity index (χ0n) is 9.51. The molecule has 17 heavy (non-hydrogen) atoms. The van der Waals surface area contributed by atoms with E-state index in [-0.39, 0.29) is 6.61 Å². The molecule has 1 saturated carbocycles. The van der Waals surface area contributed by atoms with E-state index < -0.39 is 11.9 Å². The molecule has 5 nitrogen and oxygen atoms in total. The lowest BCUT2D eigenvalue weighted by atomic mass is 10.1. The van der Waals surface area contributed by atoms with E-state index in [1.165, 1.54) is 7.11 Å². The second-order valence-corrected chi connectivity index (χ2v) is 3.86. The maximum Gasteiger partial charge on any atom is 0.344 e. The summed E-state index contributed by atoms with van der Waals surface area (Å²) in [7, 11) is 1.25. The van der Waals surface area contributed by atoms with E-state index in [2.05, 4.69) is 9.72 Å². The van der Waals surface area contributed by atoms with Crippen molar-refractivity contribution in [3.05, 3.63) is 29.6 Å². The van der Waals surface area contributed by atoms with E-state index in [0.717, 1.165) is 18.5 Å². The Kier molecular flexibility index (Phi) is 3.37. The summed E-state index contributed by atoms with van der Waals surface area (Å²) in [4.78, 5) is 26.8. The molecule has 0 bridgehead atoms. The van der Waals surface area contributed by atoms with Crippen molar-refractivity contribution in [1.82, 2.24) is 4.98 Å². The van der Waals surface area contributed by atoms with Crippen LogP contribution < -0.4 is 0 Å². The quantitative estimate of drug-likeness (QED) is 0.736. The average Bonchev–Trinajstić information content (AvgIpc) is 3.19. The fourth-order valence-electron chi connectivity index (χ4n) is 1.53. The third-order valence-electron chi connectivity index (χ3n) is 2.57. The molecule has 1 aliphatic rings. The normalized spacial score (nSPS) is 14.2. The molecule has 0 spiro atoms. The van der Waals surface area contributed by atoms with Gasteiger partial charge in [-0.25, -0.2) is 9.59 Å². The van der Waals surface area contributed by atoms with Gasteiger partial charge in [-0.15, -0.1) is 0 Å². The van der Waals surface area contributed by atoms with Crippen LogP contribution in [0.3, 0.4) is 0 Å². The summed E-state index contributed by atoms with van der Waals surface area (Å²) in [5, 5.41) is 0. The summed E-state index contributed by atoms with van der Waals surface area (Å²) in [6.07, 6.45) is 3.76. The Morgan fingerprint density at radius 3 is 2.88 bits per heavy atom. The minimum atomic E-state index is -0.574. The van der Waals surface area contributed by atoms with Crippen LogP contribution in [0.1, 0.15) is 34.8 Å². The molecule has 2 rings (SSSR count). The molecule has 1 aromatic heterocycles. The number of esters is 2. The number of hydrogen-bond acceptors (Lipinski definition) is 5. The van der Waals surface area contributed by atoms with Crippen LogP contribution in [-0.4, -0.2) is 30.6 Å². The number of rotatable bonds is 4. The van der Waals surface area contributed by atoms with Gasteiger partial charge in [-0.3, -0.25) is 4.98 Å². The highest BCUT2D eigenvalue weighted by Crippen LogP contribution is 2.40. The molecule has 0 amide bonds. The highest BCUT2D eigenvalue weighted by Gasteiger charge is 2.29. The smallest absolute Gasteiger partial charge is 0.344 e. The standard InChI is InChI=1S/C12H13NO4/c1-16-10(14)7-17-12(15)9-3-2-6-13-11(9)8-4-5-8/h2-3,6,8H,4-5,7H2,1H3. The first-order valence-corrected chi connectivity index (χ1v) is 5.41. The molecule has 5 heteroatoms. The molecular formula is C12H13NO4. The molecule has 0 N–H and O–H groups in total. The molecule has 1 aliphatic carbocycles. The Balaban J connectivity index is 2.05. The van der Waals surface area contributed by atoms with E-state index in [0.29, 0.717) is 11.5 Å². The Morgan fingerprint density at radius 2 is 2.24 bits per heavy atom. The van der Waals surface area contributed by atoms with E-state index in [1.54, 1.807) is 18.3 Å². The monoisotopic (exact) mass is 235 g/mol. The Labute approximate surface area is 98.7 Å². The van der Waals surface area contributed by atoms with Gasteiger partial charge in [-0.1, -0.05) is 0 Å². The number of carbonyl (C=O) groups is 2. The van der Waals surface area contributed by atoms with E-state index in [9.17, 15) is 9.59 Å². The molecule has 0 unspecified atom stereocenters. The summed E-state index contributed by atoms with van der Waals surface area (Å²) in [6, 6.07) is 3.35. The van der Waals surface area contributed by atoms with Crippen LogP contribution in [0.4, 0.5) is 0 Å². The zero-order chi connectivity index (χ0) is 12.3. The SMILES string of the molecule is COC(=O)COC(=O)c1cccnc1C1CC1. The number of carbonyl (C=O) groups excluding carboxylic acids is 2. The van der Waals surface area contributed by atoms with Crippen molar-refractivity contribution in [2.45, 2.75) is 18.8 Å². The van der Waals surface area contributed by atoms with Gasteiger partial charge >= 0.3 is 11.9 Å². The van der Waals surface area contributed by atoms with Crippen molar-refractivity contribution in [3.63, 3.8) is 0 Å². The van der Waals surface area contributed by atoms with Gasteiger partial charge in [0.1, 0.15) is 0 Å². The van der Waals surface area contributed by atoms with Crippen molar-refractivity contribution in [2.24, 2.45) is 0 Å². The van der Waals surface area contributed by atoms with Gasteiger partial charge in [0.2, 0.25) is 0 Å². The van der Waals surface area contributed by atoms with Crippen LogP contribution in [0.2, 0.25) is 0 Å². The number of nitrogens with zero attached hydrogens (tertiary/aromatic N) is 1. The van der Waals surface area contributed by atoms with Gasteiger partial charge in [0.25, 0.3) is 0 Å². The van der Waals surface area contributed by atoms with E-state index in [1.807, 2.05) is 0 Å². The highest BCUT2D eigenvalue weighted by molar-refractivity contribution is 5.92. The Morgan fingerprint density at radius 1 is 1.47 bits per heavy atom. The van der Waals surface area contributed by atoms with Crippen LogP contribution in [0, 0.1) is 0 Å². The molecule has 0 aromatic carbocycles. The first-order valence-electron chi connectivity index (χ1n) is 5.41. The number of pyridine rings is 1. The van der Waals surface area contributed by atoms with Crippen molar-refractivity contribution in [1.29, 1.82) is 0 Å². The van der Waals surface area contributed by atoms with Gasteiger partial charge in [0.15, 0.2) is 6.61 Å². The highest BCUT2D eigenvalue weighted by atomic mass is 16.6. The number of ether oxygens (including phenoxy) is 2. The zero-order valence-corrected chi connectivity index (χ0v) is 9.51. The second-order valence-electron chi connectivity index (χ2n) is 3.86. The lowest BCUT2D eigenvalue weighted by Gasteiger charge is -2.06. The largest absolute Gasteiger partial charge is 0.466 e. The van der Waals surface area contributed by atoms with Crippen LogP contribution in [-0.2, 0) is 14.3 Å². The molecule has 0 radical (unpaired) electrons. The molecule has 0 saturated heterocycles. The molecule has 90 valence electrons. The number of aromatic nitrogens is 1. The minimum Gasteiger partial charge on any atom is -0.466 e. The maximum atomic E-state index is 11.7. The molecular weight excluding hydrogens is 222 g/mol. The Hall–Kier alpha value is -1.91. The summed E-state index contributed by atoms with van der Waals surface area (Å²) >= 11 is 0. The van der Waals surface area contributed by atoms with Gasteiger partial charge in [0, 0.05) is 12.1 Å². The third-order valence-corrected chi connectivity index (χ3v) is 2.57. The third kappa shape index (κ3) is 2.81. The van der Waals surface area contributed by atoms with E-state index >= 15 is 0 Å². The second kappa shape index (κ2) is 4.95. The first kappa shape index (κ1) is 11.6. The van der Waals surface area contributed by atoms with Crippen LogP contribution >= 0.6 is 0 Å². The lowest BCUT2D eigenvalue weighted by Crippen LogP contribution is -2.16. The lowest BCUT2D eigenvalue weighted by molar-refractivity contribution is -0.144. The van der Waals surface area contributed by atoms with Gasteiger partial charge in [-0.05, 0) is 25.0 Å². The van der Waals surface area contributed by atoms with Crippen molar-refractivity contribution < 1.29 is 19.1 Å². The van der Waals surface area contributed by atoms with Gasteiger partial charge in [0.05, 0.1) is 18.4 Å². The van der Waals surface area contributed by atoms with Crippen molar-refractivity contribution in [2.75, 3.05) is 13.7 Å². The minimum absolute atomic E-state index is 0.358. The van der Waals surface area contributed by atoms with Gasteiger partial charge in [-0.2, -0.15) is 0 Å². The molecule has 0 atom stereocenters. The topological polar surface area (TPSA) is 65.5 Å². The van der Waals surface area contributed by atoms with Crippen molar-refractivity contribution >= 4 is 11.9 Å². The van der Waals surface area contributed by atoms with Crippen LogP contribution in [0.5, 0.6) is 0 Å². The number of methoxy groups -OCH3 is 1. The van der Waals surface area contributed by atoms with Crippen molar-refractivity contribution in [3.8, 4) is 0 Å². The Bertz CT molecular complexity index is 440. The van der Waals surface area contributed by atoms with Crippen LogP contribution in [0.15, 0.2) is 18.3 Å². The van der Waals surface area contributed by atoms with Gasteiger partial charge < -0.3 is 9.47 Å². The molecule has 0 aliphatic heterocycles. The van der Waals surface area contributed by atoms with E-state index in [4.69, 9.17) is 4.74 Å². The summed E-state index contributed by atoms with van der Waals surface area (Å²) in [5.41, 5.74) is 1.21. The fraction of sp³-hybridized carbons (Fsp3) is 0.417. The summed E-state index contributed by atoms with van der Waals surface area (Å²) in [5.74, 6) is -0.738. The fourth-order valence-corrected chi connectivity index (χ4v) is 1.53. The average molecular weight is 235 g/mol. The predicted molar refractivity (Wildman–Crippen MR) is 58.5 cm³/mol. The number of hydrogen-bond donors (Lipinski definition) is 0. The first-order chi connectivity index (χ1) is 8.22.